The third kappa shape index (κ3) is 2.27. The molecular formula is C16H14N6O4. The Morgan fingerprint density at radius 1 is 1.38 bits per heavy atom. The van der Waals surface area contributed by atoms with Gasteiger partial charge in [-0.2, -0.15) is 0 Å². The molecule has 0 amide bonds. The highest BCUT2D eigenvalue weighted by Gasteiger charge is 2.30. The number of nitrogens with zero attached hydrogens (tertiary/aromatic N) is 4. The van der Waals surface area contributed by atoms with Crippen LogP contribution in [0, 0.1) is 10.1 Å². The van der Waals surface area contributed by atoms with Gasteiger partial charge in [0.15, 0.2) is 23.6 Å². The Balaban J connectivity index is 2.00. The molecule has 0 bridgehead atoms. The molecule has 1 atom stereocenters. The Kier molecular flexibility index (Phi) is 3.39. The maximum Gasteiger partial charge on any atom is 0.273 e. The van der Waals surface area contributed by atoms with Gasteiger partial charge in [0.1, 0.15) is 0 Å². The van der Waals surface area contributed by atoms with Gasteiger partial charge in [0.2, 0.25) is 5.95 Å². The number of hydrogen-bond acceptors (Lipinski definition) is 8. The van der Waals surface area contributed by atoms with Crippen LogP contribution in [0.15, 0.2) is 41.4 Å². The van der Waals surface area contributed by atoms with E-state index in [9.17, 15) is 15.2 Å². The molecule has 132 valence electrons. The third-order valence-electron chi connectivity index (χ3n) is 4.14. The standard InChI is InChI=1S/C16H14N6O4/c1-26-12-7-8(22(24)25)6-9(13(12)23)14-19-15(17)20-16-18-10-4-2-3-5-11(10)21(14)16/h2-7,14,23H,1H3,(H3,17,18,19,20)/t14-/m1/s1. The number of fused-ring (bicyclic) bond motifs is 3. The van der Waals surface area contributed by atoms with Gasteiger partial charge in [-0.05, 0) is 12.1 Å². The molecule has 4 rings (SSSR count). The van der Waals surface area contributed by atoms with Gasteiger partial charge >= 0.3 is 0 Å². The van der Waals surface area contributed by atoms with Gasteiger partial charge in [-0.1, -0.05) is 12.1 Å². The van der Waals surface area contributed by atoms with Crippen molar-refractivity contribution in [3.05, 3.63) is 52.1 Å². The third-order valence-corrected chi connectivity index (χ3v) is 4.14. The van der Waals surface area contributed by atoms with E-state index in [4.69, 9.17) is 10.5 Å². The Morgan fingerprint density at radius 2 is 2.15 bits per heavy atom. The van der Waals surface area contributed by atoms with Crippen LogP contribution in [0.5, 0.6) is 11.5 Å². The number of para-hydroxylation sites is 2. The van der Waals surface area contributed by atoms with Gasteiger partial charge < -0.3 is 15.6 Å². The van der Waals surface area contributed by atoms with Gasteiger partial charge in [-0.3, -0.25) is 20.0 Å². The molecule has 10 heteroatoms. The number of phenolic OH excluding ortho intramolecular Hbond substituents is 1. The van der Waals surface area contributed by atoms with Gasteiger partial charge in [-0.15, -0.1) is 0 Å². The van der Waals surface area contributed by atoms with E-state index in [1.54, 1.807) is 4.57 Å². The number of methoxy groups -OCH3 is 1. The summed E-state index contributed by atoms with van der Waals surface area (Å²) in [6.07, 6.45) is -0.840. The molecule has 1 aliphatic rings. The van der Waals surface area contributed by atoms with Crippen LogP contribution in [0.4, 0.5) is 11.6 Å². The van der Waals surface area contributed by atoms with E-state index in [-0.39, 0.29) is 28.7 Å². The SMILES string of the molecule is COc1cc([N+](=O)[O-])cc([C@@H]2N=C(N)Nc3nc4ccccc4n32)c1O. The van der Waals surface area contributed by atoms with E-state index in [1.165, 1.54) is 13.2 Å². The minimum absolute atomic E-state index is 0.0209. The van der Waals surface area contributed by atoms with Crippen LogP contribution >= 0.6 is 0 Å². The highest BCUT2D eigenvalue weighted by molar-refractivity contribution is 5.94. The number of non-ortho nitro benzene ring substituents is 1. The molecule has 0 radical (unpaired) electrons. The molecule has 4 N–H and O–H groups in total. The second kappa shape index (κ2) is 5.62. The van der Waals surface area contributed by atoms with Crippen molar-refractivity contribution in [2.45, 2.75) is 6.17 Å². The molecule has 2 heterocycles. The van der Waals surface area contributed by atoms with E-state index in [0.29, 0.717) is 11.5 Å². The topological polar surface area (TPSA) is 141 Å². The van der Waals surface area contributed by atoms with Crippen LogP contribution in [0.25, 0.3) is 11.0 Å². The molecule has 1 aliphatic heterocycles. The quantitative estimate of drug-likeness (QED) is 0.482. The number of hydrogen-bond donors (Lipinski definition) is 3. The number of nitrogens with two attached hydrogens (primary N) is 1. The fourth-order valence-electron chi connectivity index (χ4n) is 3.00. The molecule has 0 saturated heterocycles. The van der Waals surface area contributed by atoms with Gasteiger partial charge in [-0.25, -0.2) is 9.98 Å². The summed E-state index contributed by atoms with van der Waals surface area (Å²) in [4.78, 5) is 19.5. The van der Waals surface area contributed by atoms with E-state index in [1.807, 2.05) is 24.3 Å². The first-order valence-corrected chi connectivity index (χ1v) is 7.62. The minimum atomic E-state index is -0.840. The summed E-state index contributed by atoms with van der Waals surface area (Å²) < 4.78 is 6.79. The maximum atomic E-state index is 11.3. The number of imidazole rings is 1. The monoisotopic (exact) mass is 354 g/mol. The summed E-state index contributed by atoms with van der Waals surface area (Å²) in [5, 5.41) is 24.7. The summed E-state index contributed by atoms with van der Waals surface area (Å²) in [5.74, 6) is 0.244. The molecule has 0 saturated carbocycles. The summed E-state index contributed by atoms with van der Waals surface area (Å²) in [7, 11) is 1.32. The average Bonchev–Trinajstić information content (AvgIpc) is 2.99. The lowest BCUT2D eigenvalue weighted by Crippen LogP contribution is -2.31. The first-order valence-electron chi connectivity index (χ1n) is 7.62. The lowest BCUT2D eigenvalue weighted by molar-refractivity contribution is -0.385. The summed E-state index contributed by atoms with van der Waals surface area (Å²) >= 11 is 0. The van der Waals surface area contributed by atoms with Crippen molar-refractivity contribution in [2.75, 3.05) is 12.4 Å². The van der Waals surface area contributed by atoms with Crippen molar-refractivity contribution in [3.63, 3.8) is 0 Å². The van der Waals surface area contributed by atoms with Gasteiger partial charge in [0, 0.05) is 11.6 Å². The zero-order chi connectivity index (χ0) is 18.4. The molecular weight excluding hydrogens is 340 g/mol. The number of aliphatic imine (C=N–C) groups is 1. The number of aromatic nitrogens is 2. The highest BCUT2D eigenvalue weighted by atomic mass is 16.6. The largest absolute Gasteiger partial charge is 0.504 e. The molecule has 26 heavy (non-hydrogen) atoms. The molecule has 1 aromatic heterocycles. The van der Waals surface area contributed by atoms with Crippen LogP contribution in [0.2, 0.25) is 0 Å². The predicted octanol–water partition coefficient (Wildman–Crippen LogP) is 1.95. The maximum absolute atomic E-state index is 11.3. The molecule has 0 aliphatic carbocycles. The molecule has 3 aromatic rings. The zero-order valence-electron chi connectivity index (χ0n) is 13.6. The first kappa shape index (κ1) is 15.7. The summed E-state index contributed by atoms with van der Waals surface area (Å²) in [6.45, 7) is 0. The molecule has 10 nitrogen and oxygen atoms in total. The Bertz CT molecular complexity index is 1070. The fourth-order valence-corrected chi connectivity index (χ4v) is 3.00. The van der Waals surface area contributed by atoms with E-state index in [2.05, 4.69) is 15.3 Å². The number of ether oxygens (including phenoxy) is 1. The Hall–Kier alpha value is -3.82. The van der Waals surface area contributed by atoms with Crippen molar-refractivity contribution in [3.8, 4) is 11.5 Å². The Morgan fingerprint density at radius 3 is 2.88 bits per heavy atom. The highest BCUT2D eigenvalue weighted by Crippen LogP contribution is 2.42. The predicted molar refractivity (Wildman–Crippen MR) is 94.4 cm³/mol. The van der Waals surface area contributed by atoms with Gasteiger partial charge in [0.05, 0.1) is 29.1 Å². The lowest BCUT2D eigenvalue weighted by atomic mass is 10.1. The number of nitro groups is 1. The van der Waals surface area contributed by atoms with Crippen molar-refractivity contribution >= 4 is 28.6 Å². The van der Waals surface area contributed by atoms with Crippen molar-refractivity contribution in [1.82, 2.24) is 9.55 Å². The van der Waals surface area contributed by atoms with E-state index >= 15 is 0 Å². The normalized spacial score (nSPS) is 15.9. The Labute approximate surface area is 146 Å². The lowest BCUT2D eigenvalue weighted by Gasteiger charge is -2.24. The van der Waals surface area contributed by atoms with Gasteiger partial charge in [0.25, 0.3) is 5.69 Å². The number of benzene rings is 2. The summed E-state index contributed by atoms with van der Waals surface area (Å²) in [6, 6.07) is 9.74. The van der Waals surface area contributed by atoms with Crippen LogP contribution in [0.1, 0.15) is 11.7 Å². The van der Waals surface area contributed by atoms with Crippen LogP contribution < -0.4 is 15.8 Å². The first-order chi connectivity index (χ1) is 12.5. The van der Waals surface area contributed by atoms with E-state index in [0.717, 1.165) is 11.6 Å². The molecule has 2 aromatic carbocycles. The molecule has 0 fully saturated rings. The van der Waals surface area contributed by atoms with E-state index < -0.39 is 11.1 Å². The van der Waals surface area contributed by atoms with Crippen LogP contribution in [-0.4, -0.2) is 32.7 Å². The summed E-state index contributed by atoms with van der Waals surface area (Å²) in [5.41, 5.74) is 7.25. The van der Waals surface area contributed by atoms with Crippen LogP contribution in [0.3, 0.4) is 0 Å². The number of phenols is 1. The van der Waals surface area contributed by atoms with Crippen molar-refractivity contribution in [2.24, 2.45) is 10.7 Å². The number of anilines is 1. The minimum Gasteiger partial charge on any atom is -0.504 e. The average molecular weight is 354 g/mol. The number of rotatable bonds is 3. The molecule has 0 spiro atoms. The number of aromatic hydroxyl groups is 1. The number of nitrogens with one attached hydrogen (secondary N) is 1. The smallest absolute Gasteiger partial charge is 0.273 e. The zero-order valence-corrected chi connectivity index (χ0v) is 13.6. The molecule has 0 unspecified atom stereocenters. The van der Waals surface area contributed by atoms with Crippen LogP contribution in [-0.2, 0) is 0 Å². The number of guanidine groups is 1. The fraction of sp³-hybridized carbons (Fsp3) is 0.125. The second-order valence-electron chi connectivity index (χ2n) is 5.65. The second-order valence-corrected chi connectivity index (χ2v) is 5.65. The number of nitro benzene ring substituents is 1. The van der Waals surface area contributed by atoms with Crippen molar-refractivity contribution in [1.29, 1.82) is 0 Å². The van der Waals surface area contributed by atoms with Crippen molar-refractivity contribution < 1.29 is 14.8 Å².